The Morgan fingerprint density at radius 2 is 2.19 bits per heavy atom. The molecule has 0 aliphatic carbocycles. The molecule has 3 nitrogen and oxygen atoms in total. The van der Waals surface area contributed by atoms with Crippen LogP contribution in [0.3, 0.4) is 0 Å². The lowest BCUT2D eigenvalue weighted by atomic mass is 9.85. The van der Waals surface area contributed by atoms with Gasteiger partial charge in [0.05, 0.1) is 16.2 Å². The van der Waals surface area contributed by atoms with Crippen molar-refractivity contribution >= 4 is 34.5 Å². The molecule has 1 unspecified atom stereocenters. The number of halogens is 1. The Hall–Kier alpha value is -0.840. The zero-order valence-corrected chi connectivity index (χ0v) is 14.2. The zero-order chi connectivity index (χ0) is 15.5. The Morgan fingerprint density at radius 3 is 2.81 bits per heavy atom. The van der Waals surface area contributed by atoms with Crippen molar-refractivity contribution < 1.29 is 4.74 Å². The summed E-state index contributed by atoms with van der Waals surface area (Å²) in [5.41, 5.74) is 7.45. The highest BCUT2D eigenvalue weighted by atomic mass is 35.5. The van der Waals surface area contributed by atoms with Gasteiger partial charge in [0.15, 0.2) is 0 Å². The fourth-order valence-corrected chi connectivity index (χ4v) is 3.56. The fraction of sp³-hybridized carbons (Fsp3) is 0.562. The van der Waals surface area contributed by atoms with Crippen LogP contribution in [0.25, 0.3) is 0 Å². The predicted octanol–water partition coefficient (Wildman–Crippen LogP) is 4.12. The molecule has 1 saturated heterocycles. The Balaban J connectivity index is 2.19. The smallest absolute Gasteiger partial charge is 0.107 e. The van der Waals surface area contributed by atoms with E-state index in [1.807, 2.05) is 18.2 Å². The monoisotopic (exact) mass is 326 g/mol. The minimum atomic E-state index is -0.0160. The van der Waals surface area contributed by atoms with Gasteiger partial charge in [-0.05, 0) is 37.8 Å². The first-order valence-corrected chi connectivity index (χ1v) is 8.28. The molecule has 0 saturated carbocycles. The molecule has 5 heteroatoms. The number of rotatable bonds is 5. The van der Waals surface area contributed by atoms with Gasteiger partial charge in [-0.1, -0.05) is 43.7 Å². The van der Waals surface area contributed by atoms with Crippen LogP contribution in [-0.4, -0.2) is 23.2 Å². The molecule has 116 valence electrons. The van der Waals surface area contributed by atoms with E-state index in [-0.39, 0.29) is 5.60 Å². The van der Waals surface area contributed by atoms with Crippen molar-refractivity contribution in [3.05, 3.63) is 28.8 Å². The molecule has 1 atom stereocenters. The third-order valence-electron chi connectivity index (χ3n) is 4.40. The maximum atomic E-state index is 6.22. The van der Waals surface area contributed by atoms with Crippen molar-refractivity contribution in [1.29, 1.82) is 0 Å². The van der Waals surface area contributed by atoms with Crippen molar-refractivity contribution in [2.75, 3.05) is 11.9 Å². The van der Waals surface area contributed by atoms with Gasteiger partial charge in [-0.15, -0.1) is 0 Å². The van der Waals surface area contributed by atoms with Crippen molar-refractivity contribution in [2.24, 2.45) is 5.73 Å². The van der Waals surface area contributed by atoms with Gasteiger partial charge < -0.3 is 15.8 Å². The van der Waals surface area contributed by atoms with Gasteiger partial charge in [0.1, 0.15) is 4.99 Å². The molecule has 1 heterocycles. The second kappa shape index (κ2) is 6.95. The van der Waals surface area contributed by atoms with Crippen LogP contribution >= 0.6 is 23.8 Å². The van der Waals surface area contributed by atoms with E-state index in [0.29, 0.717) is 16.1 Å². The van der Waals surface area contributed by atoms with Gasteiger partial charge >= 0.3 is 0 Å². The first-order valence-electron chi connectivity index (χ1n) is 7.50. The zero-order valence-electron chi connectivity index (χ0n) is 12.6. The molecule has 3 N–H and O–H groups in total. The van der Waals surface area contributed by atoms with Crippen molar-refractivity contribution in [2.45, 2.75) is 51.2 Å². The number of hydrogen-bond acceptors (Lipinski definition) is 3. The van der Waals surface area contributed by atoms with Crippen LogP contribution in [0.4, 0.5) is 5.69 Å². The second-order valence-corrected chi connectivity index (χ2v) is 6.45. The molecule has 0 amide bonds. The quantitative estimate of drug-likeness (QED) is 0.799. The third kappa shape index (κ3) is 3.68. The molecule has 0 spiro atoms. The van der Waals surface area contributed by atoms with Crippen LogP contribution in [0.15, 0.2) is 18.2 Å². The lowest BCUT2D eigenvalue weighted by Gasteiger charge is -2.40. The summed E-state index contributed by atoms with van der Waals surface area (Å²) in [7, 11) is 0. The molecular formula is C16H23ClN2OS. The second-order valence-electron chi connectivity index (χ2n) is 5.60. The van der Waals surface area contributed by atoms with Crippen LogP contribution in [0.2, 0.25) is 5.02 Å². The third-order valence-corrected chi connectivity index (χ3v) is 4.92. The summed E-state index contributed by atoms with van der Waals surface area (Å²) in [6.07, 6.45) is 4.02. The maximum Gasteiger partial charge on any atom is 0.107 e. The van der Waals surface area contributed by atoms with E-state index in [2.05, 4.69) is 19.2 Å². The molecule has 0 radical (unpaired) electrons. The first-order chi connectivity index (χ1) is 10.0. The van der Waals surface area contributed by atoms with Gasteiger partial charge in [0.25, 0.3) is 0 Å². The molecule has 1 aromatic carbocycles. The van der Waals surface area contributed by atoms with Gasteiger partial charge in [-0.2, -0.15) is 0 Å². The first kappa shape index (κ1) is 16.5. The highest BCUT2D eigenvalue weighted by Gasteiger charge is 2.34. The Morgan fingerprint density at radius 1 is 1.48 bits per heavy atom. The van der Waals surface area contributed by atoms with E-state index >= 15 is 0 Å². The summed E-state index contributed by atoms with van der Waals surface area (Å²) in [5.74, 6) is 0. The average molecular weight is 327 g/mol. The summed E-state index contributed by atoms with van der Waals surface area (Å²) in [6.45, 7) is 5.15. The van der Waals surface area contributed by atoms with E-state index in [4.69, 9.17) is 34.3 Å². The largest absolute Gasteiger partial charge is 0.389 e. The molecule has 1 aromatic rings. The van der Waals surface area contributed by atoms with E-state index in [0.717, 1.165) is 43.5 Å². The number of anilines is 1. The molecular weight excluding hydrogens is 304 g/mol. The number of ether oxygens (including phenoxy) is 1. The van der Waals surface area contributed by atoms with Crippen LogP contribution in [0.1, 0.15) is 45.1 Å². The van der Waals surface area contributed by atoms with E-state index in [1.54, 1.807) is 0 Å². The summed E-state index contributed by atoms with van der Waals surface area (Å²) in [5, 5.41) is 4.16. The minimum absolute atomic E-state index is 0.0160. The molecule has 0 aromatic heterocycles. The number of hydrogen-bond donors (Lipinski definition) is 2. The molecule has 1 aliphatic rings. The van der Waals surface area contributed by atoms with Crippen LogP contribution in [-0.2, 0) is 4.74 Å². The fourth-order valence-electron chi connectivity index (χ4n) is 3.01. The summed E-state index contributed by atoms with van der Waals surface area (Å²) >= 11 is 11.3. The van der Waals surface area contributed by atoms with Gasteiger partial charge in [0, 0.05) is 18.3 Å². The predicted molar refractivity (Wildman–Crippen MR) is 93.2 cm³/mol. The molecule has 0 bridgehead atoms. The number of nitrogens with one attached hydrogen (secondary N) is 1. The number of nitrogens with two attached hydrogens (primary N) is 1. The summed E-state index contributed by atoms with van der Waals surface area (Å²) < 4.78 is 6.02. The van der Waals surface area contributed by atoms with E-state index < -0.39 is 0 Å². The van der Waals surface area contributed by atoms with Crippen LogP contribution in [0.5, 0.6) is 0 Å². The van der Waals surface area contributed by atoms with Gasteiger partial charge in [-0.25, -0.2) is 0 Å². The van der Waals surface area contributed by atoms with Crippen LogP contribution < -0.4 is 11.1 Å². The molecule has 2 rings (SSSR count). The van der Waals surface area contributed by atoms with Gasteiger partial charge in [-0.3, -0.25) is 0 Å². The standard InChI is InChI=1S/C16H23ClN2OS/c1-3-16(4-2)10-11(8-9-20-16)19-13-7-5-6-12(17)14(13)15(18)21/h5-7,11,19H,3-4,8-10H2,1-2H3,(H2,18,21). The molecule has 1 fully saturated rings. The average Bonchev–Trinajstić information content (AvgIpc) is 2.47. The summed E-state index contributed by atoms with van der Waals surface area (Å²) in [6, 6.07) is 6.06. The Kier molecular flexibility index (Phi) is 5.47. The van der Waals surface area contributed by atoms with Crippen LogP contribution in [0, 0.1) is 0 Å². The number of thiocarbonyl (C=S) groups is 1. The van der Waals surface area contributed by atoms with Gasteiger partial charge in [0.2, 0.25) is 0 Å². The lowest BCUT2D eigenvalue weighted by molar-refractivity contribution is -0.0864. The highest BCUT2D eigenvalue weighted by molar-refractivity contribution is 7.80. The molecule has 21 heavy (non-hydrogen) atoms. The topological polar surface area (TPSA) is 47.3 Å². The SMILES string of the molecule is CCC1(CC)CC(Nc2cccc(Cl)c2C(N)=S)CCO1. The van der Waals surface area contributed by atoms with Crippen molar-refractivity contribution in [3.8, 4) is 0 Å². The Labute approximate surface area is 137 Å². The molecule has 1 aliphatic heterocycles. The van der Waals surface area contributed by atoms with E-state index in [9.17, 15) is 0 Å². The maximum absolute atomic E-state index is 6.22. The minimum Gasteiger partial charge on any atom is -0.389 e. The van der Waals surface area contributed by atoms with Crippen molar-refractivity contribution in [1.82, 2.24) is 0 Å². The number of benzene rings is 1. The normalized spacial score (nSPS) is 21.0. The summed E-state index contributed by atoms with van der Waals surface area (Å²) in [4.78, 5) is 0.326. The van der Waals surface area contributed by atoms with E-state index in [1.165, 1.54) is 0 Å². The Bertz CT molecular complexity index is 517. The lowest BCUT2D eigenvalue weighted by Crippen LogP contribution is -2.43. The van der Waals surface area contributed by atoms with Crippen molar-refractivity contribution in [3.63, 3.8) is 0 Å². The highest BCUT2D eigenvalue weighted by Crippen LogP contribution is 2.34.